The summed E-state index contributed by atoms with van der Waals surface area (Å²) in [7, 11) is 0. The number of nitrogens with zero attached hydrogens (tertiary/aromatic N) is 2. The van der Waals surface area contributed by atoms with Crippen LogP contribution in [0, 0.1) is 45.2 Å². The number of hydrogen-bond donors (Lipinski definition) is 0. The fraction of sp³-hybridized carbons (Fsp3) is 0.220. The average Bonchev–Trinajstić information content (AvgIpc) is 3.45. The molecule has 0 unspecified atom stereocenters. The van der Waals surface area contributed by atoms with Gasteiger partial charge in [-0.15, -0.1) is 53.6 Å². The van der Waals surface area contributed by atoms with E-state index in [1.54, 1.807) is 32.9 Å². The molecule has 45 heavy (non-hydrogen) atoms. The average molecular weight is 772 g/mol. The van der Waals surface area contributed by atoms with Gasteiger partial charge < -0.3 is 14.4 Å². The van der Waals surface area contributed by atoms with Gasteiger partial charge in [-0.3, -0.25) is 0 Å². The Balaban J connectivity index is 0.000000255. The molecule has 4 aromatic carbocycles. The third-order valence-electron chi connectivity index (χ3n) is 7.61. The minimum absolute atomic E-state index is 0. The van der Waals surface area contributed by atoms with E-state index < -0.39 is 18.6 Å². The molecule has 0 spiro atoms. The minimum Gasteiger partial charge on any atom is -0.500 e. The van der Waals surface area contributed by atoms with Crippen LogP contribution >= 0.6 is 0 Å². The topological polar surface area (TPSA) is 38.9 Å². The smallest absolute Gasteiger partial charge is 0.128 e. The van der Waals surface area contributed by atoms with Crippen LogP contribution in [0.4, 0.5) is 0 Å². The van der Waals surface area contributed by atoms with E-state index in [9.17, 15) is 0 Å². The summed E-state index contributed by atoms with van der Waals surface area (Å²) < 4.78 is 47.8. The van der Waals surface area contributed by atoms with Crippen LogP contribution in [0.15, 0.2) is 95.7 Å². The Hall–Kier alpha value is -4.11. The minimum atomic E-state index is -2.49. The second-order valence-corrected chi connectivity index (χ2v) is 12.3. The van der Waals surface area contributed by atoms with Crippen molar-refractivity contribution in [2.45, 2.75) is 54.8 Å². The van der Waals surface area contributed by atoms with Crippen LogP contribution in [0.5, 0.6) is 0 Å². The Bertz CT molecular complexity index is 2320. The maximum atomic E-state index is 8.80. The Kier molecular flexibility index (Phi) is 7.60. The van der Waals surface area contributed by atoms with Gasteiger partial charge in [0.15, 0.2) is 0 Å². The molecule has 0 saturated heterocycles. The van der Waals surface area contributed by atoms with Gasteiger partial charge in [0.25, 0.3) is 0 Å². The Labute approximate surface area is 287 Å². The molecule has 3 heterocycles. The van der Waals surface area contributed by atoms with Crippen molar-refractivity contribution in [2.75, 3.05) is 0 Å². The first-order valence-electron chi connectivity index (χ1n) is 17.2. The summed E-state index contributed by atoms with van der Waals surface area (Å²) in [5.41, 5.74) is 7.31. The summed E-state index contributed by atoms with van der Waals surface area (Å²) in [4.78, 5) is 8.84. The van der Waals surface area contributed by atoms with Gasteiger partial charge in [-0.25, -0.2) is 0 Å². The second-order valence-electron chi connectivity index (χ2n) is 12.3. The molecule has 0 bridgehead atoms. The molecule has 0 N–H and O–H groups in total. The maximum Gasteiger partial charge on any atom is 0.128 e. The van der Waals surface area contributed by atoms with Crippen LogP contribution in [0.1, 0.15) is 55.4 Å². The zero-order valence-electron chi connectivity index (χ0n) is 31.3. The van der Waals surface area contributed by atoms with Crippen molar-refractivity contribution >= 4 is 32.7 Å². The van der Waals surface area contributed by atoms with Gasteiger partial charge in [0, 0.05) is 50.1 Å². The third-order valence-corrected chi connectivity index (χ3v) is 7.61. The molecular weight excluding hydrogens is 729 g/mol. The van der Waals surface area contributed by atoms with Crippen LogP contribution < -0.4 is 0 Å². The number of rotatable bonds is 3. The van der Waals surface area contributed by atoms with Gasteiger partial charge in [0.05, 0.1) is 5.58 Å². The quantitative estimate of drug-likeness (QED) is 0.168. The van der Waals surface area contributed by atoms with Gasteiger partial charge in [0.2, 0.25) is 0 Å². The first-order valence-corrected chi connectivity index (χ1v) is 14.7. The molecule has 0 fully saturated rings. The number of benzene rings is 4. The van der Waals surface area contributed by atoms with Crippen molar-refractivity contribution in [3.05, 3.63) is 131 Å². The summed E-state index contributed by atoms with van der Waals surface area (Å²) >= 11 is 0. The maximum absolute atomic E-state index is 8.80. The van der Waals surface area contributed by atoms with E-state index in [-0.39, 0.29) is 31.2 Å². The standard InChI is InChI=1S/C27H24NO.C14H14N.Ir/c1-17-16-28-24(14-19(17)15-27(2,3)4)23-11-7-10-21-22-13-12-18-8-5-6-9-20(18)25(22)29-26(21)23;1-10-4-6-13(7-5-10)14-8-11(2)12(3)9-15-14;/h5-10,12-14,16H,15H2,1-4H3;4-6,8-9H,1-3H3;/q2*-1;/i1D3,15D2;;. The number of pyridine rings is 2. The number of hydrogen-bond acceptors (Lipinski definition) is 3. The van der Waals surface area contributed by atoms with E-state index in [4.69, 9.17) is 11.3 Å². The van der Waals surface area contributed by atoms with E-state index in [1.165, 1.54) is 22.9 Å². The molecular formula is C41H38IrN2O-2. The summed E-state index contributed by atoms with van der Waals surface area (Å²) in [6.07, 6.45) is 1.27. The predicted octanol–water partition coefficient (Wildman–Crippen LogP) is 11.0. The van der Waals surface area contributed by atoms with E-state index in [0.29, 0.717) is 16.8 Å². The zero-order chi connectivity index (χ0) is 35.3. The predicted molar refractivity (Wildman–Crippen MR) is 184 cm³/mol. The van der Waals surface area contributed by atoms with Crippen molar-refractivity contribution in [3.8, 4) is 22.5 Å². The SMILES string of the molecule is Cc1c[c-]c(-c2cc(C)c(C)cn2)cc1.[2H]C([2H])([2H])c1cnc(-c2[c-]ccc3c2oc2c4ccccc4ccc32)cc1C([2H])([2H])C(C)(C)C.[Ir]. The van der Waals surface area contributed by atoms with Crippen LogP contribution in [-0.2, 0) is 26.5 Å². The molecule has 0 aliphatic rings. The summed E-state index contributed by atoms with van der Waals surface area (Å²) in [5.74, 6) is 0. The van der Waals surface area contributed by atoms with Crippen molar-refractivity contribution in [1.29, 1.82) is 0 Å². The van der Waals surface area contributed by atoms with Gasteiger partial charge in [0.1, 0.15) is 5.58 Å². The largest absolute Gasteiger partial charge is 0.500 e. The summed E-state index contributed by atoms with van der Waals surface area (Å²) in [6, 6.07) is 32.0. The van der Waals surface area contributed by atoms with E-state index >= 15 is 0 Å². The van der Waals surface area contributed by atoms with Gasteiger partial charge >= 0.3 is 0 Å². The molecule has 0 amide bonds. The van der Waals surface area contributed by atoms with Gasteiger partial charge in [-0.1, -0.05) is 98.3 Å². The summed E-state index contributed by atoms with van der Waals surface area (Å²) in [5, 5.41) is 3.93. The molecule has 1 radical (unpaired) electrons. The number of fused-ring (bicyclic) bond motifs is 5. The monoisotopic (exact) mass is 772 g/mol. The fourth-order valence-corrected chi connectivity index (χ4v) is 5.19. The van der Waals surface area contributed by atoms with Crippen LogP contribution in [0.3, 0.4) is 0 Å². The van der Waals surface area contributed by atoms with Gasteiger partial charge in [-0.05, 0) is 60.4 Å². The molecule has 0 aliphatic carbocycles. The van der Waals surface area contributed by atoms with E-state index in [2.05, 4.69) is 67.1 Å². The van der Waals surface area contributed by atoms with Crippen molar-refractivity contribution in [3.63, 3.8) is 0 Å². The molecule has 7 aromatic rings. The molecule has 4 heteroatoms. The first-order chi connectivity index (χ1) is 23.1. The third kappa shape index (κ3) is 6.93. The first kappa shape index (κ1) is 26.1. The van der Waals surface area contributed by atoms with Crippen molar-refractivity contribution in [1.82, 2.24) is 9.97 Å². The molecule has 0 aliphatic heterocycles. The van der Waals surface area contributed by atoms with Crippen molar-refractivity contribution in [2.24, 2.45) is 5.41 Å². The molecule has 7 rings (SSSR count). The molecule has 0 saturated carbocycles. The number of aromatic nitrogens is 2. The van der Waals surface area contributed by atoms with E-state index in [1.807, 2.05) is 48.7 Å². The number of aryl methyl sites for hydroxylation is 4. The number of furan rings is 1. The zero-order valence-corrected chi connectivity index (χ0v) is 28.7. The normalized spacial score (nSPS) is 13.6. The Morgan fingerprint density at radius 3 is 2.27 bits per heavy atom. The molecule has 3 aromatic heterocycles. The van der Waals surface area contributed by atoms with Crippen LogP contribution in [0.25, 0.3) is 55.2 Å². The van der Waals surface area contributed by atoms with E-state index in [0.717, 1.165) is 38.4 Å². The second kappa shape index (κ2) is 13.1. The molecule has 0 atom stereocenters. The Morgan fingerprint density at radius 1 is 0.778 bits per heavy atom. The van der Waals surface area contributed by atoms with Crippen LogP contribution in [-0.4, -0.2) is 9.97 Å². The molecule has 3 nitrogen and oxygen atoms in total. The van der Waals surface area contributed by atoms with Gasteiger partial charge in [-0.2, -0.15) is 0 Å². The summed E-state index contributed by atoms with van der Waals surface area (Å²) in [6.45, 7) is 9.02. The molecule has 229 valence electrons. The van der Waals surface area contributed by atoms with Crippen molar-refractivity contribution < 1.29 is 31.4 Å². The fourth-order valence-electron chi connectivity index (χ4n) is 5.19. The van der Waals surface area contributed by atoms with Crippen LogP contribution in [0.2, 0.25) is 0 Å². The Morgan fingerprint density at radius 2 is 1.53 bits per heavy atom.